The third-order valence-electron chi connectivity index (χ3n) is 4.64. The van der Waals surface area contributed by atoms with Crippen molar-refractivity contribution in [3.05, 3.63) is 51.3 Å². The van der Waals surface area contributed by atoms with Gasteiger partial charge in [-0.1, -0.05) is 28.1 Å². The van der Waals surface area contributed by atoms with Gasteiger partial charge >= 0.3 is 0 Å². The Morgan fingerprint density at radius 2 is 2.00 bits per heavy atom. The molecule has 0 unspecified atom stereocenters. The lowest BCUT2D eigenvalue weighted by atomic mass is 10.0. The molecular formula is C18H24BrClN4O. The average molecular weight is 428 g/mol. The largest absolute Gasteiger partial charge is 0.338 e. The van der Waals surface area contributed by atoms with Gasteiger partial charge < -0.3 is 10.6 Å². The van der Waals surface area contributed by atoms with Crippen LogP contribution in [0.1, 0.15) is 40.2 Å². The number of amides is 1. The highest BCUT2D eigenvalue weighted by atomic mass is 79.9. The van der Waals surface area contributed by atoms with Gasteiger partial charge in [0, 0.05) is 29.3 Å². The van der Waals surface area contributed by atoms with E-state index in [1.165, 1.54) is 0 Å². The molecule has 1 aromatic carbocycles. The van der Waals surface area contributed by atoms with Crippen LogP contribution in [0.25, 0.3) is 0 Å². The Labute approximate surface area is 163 Å². The Hall–Kier alpha value is -1.37. The van der Waals surface area contributed by atoms with Gasteiger partial charge in [0.1, 0.15) is 0 Å². The van der Waals surface area contributed by atoms with Crippen LogP contribution in [-0.2, 0) is 6.54 Å². The number of hydrogen-bond acceptors (Lipinski definition) is 3. The molecule has 0 spiro atoms. The first-order chi connectivity index (χ1) is 11.5. The van der Waals surface area contributed by atoms with Crippen LogP contribution in [0.4, 0.5) is 0 Å². The fraction of sp³-hybridized carbons (Fsp3) is 0.444. The van der Waals surface area contributed by atoms with Gasteiger partial charge in [-0.15, -0.1) is 12.4 Å². The van der Waals surface area contributed by atoms with Crippen molar-refractivity contribution in [2.75, 3.05) is 13.1 Å². The summed E-state index contributed by atoms with van der Waals surface area (Å²) in [6.07, 6.45) is 1.74. The van der Waals surface area contributed by atoms with E-state index in [2.05, 4.69) is 33.2 Å². The molecule has 0 radical (unpaired) electrons. The van der Waals surface area contributed by atoms with E-state index in [1.54, 1.807) is 0 Å². The molecule has 0 atom stereocenters. The molecule has 0 aliphatic carbocycles. The summed E-state index contributed by atoms with van der Waals surface area (Å²) in [6.45, 7) is 6.00. The van der Waals surface area contributed by atoms with Crippen LogP contribution >= 0.6 is 28.3 Å². The third kappa shape index (κ3) is 4.43. The van der Waals surface area contributed by atoms with Gasteiger partial charge in [0.15, 0.2) is 0 Å². The number of aromatic nitrogens is 2. The minimum Gasteiger partial charge on any atom is -0.338 e. The second-order valence-corrected chi connectivity index (χ2v) is 7.38. The Morgan fingerprint density at radius 1 is 1.32 bits per heavy atom. The van der Waals surface area contributed by atoms with E-state index in [4.69, 9.17) is 5.73 Å². The molecule has 25 heavy (non-hydrogen) atoms. The normalized spacial score (nSPS) is 15.1. The van der Waals surface area contributed by atoms with Crippen molar-refractivity contribution < 1.29 is 4.79 Å². The summed E-state index contributed by atoms with van der Waals surface area (Å²) in [4.78, 5) is 14.8. The van der Waals surface area contributed by atoms with Crippen molar-refractivity contribution in [3.63, 3.8) is 0 Å². The summed E-state index contributed by atoms with van der Waals surface area (Å²) in [5, 5.41) is 4.60. The third-order valence-corrected chi connectivity index (χ3v) is 5.14. The molecule has 1 amide bonds. The van der Waals surface area contributed by atoms with Crippen LogP contribution < -0.4 is 5.73 Å². The van der Waals surface area contributed by atoms with Crippen molar-refractivity contribution in [1.82, 2.24) is 14.7 Å². The summed E-state index contributed by atoms with van der Waals surface area (Å²) in [5.41, 5.74) is 9.54. The van der Waals surface area contributed by atoms with Gasteiger partial charge in [0.25, 0.3) is 5.91 Å². The van der Waals surface area contributed by atoms with Crippen LogP contribution in [0.3, 0.4) is 0 Å². The molecule has 1 aliphatic rings. The van der Waals surface area contributed by atoms with E-state index >= 15 is 0 Å². The fourth-order valence-corrected chi connectivity index (χ4v) is 3.68. The summed E-state index contributed by atoms with van der Waals surface area (Å²) >= 11 is 3.49. The molecule has 5 nitrogen and oxygen atoms in total. The Kier molecular flexibility index (Phi) is 6.65. The zero-order chi connectivity index (χ0) is 17.3. The molecule has 136 valence electrons. The smallest absolute Gasteiger partial charge is 0.257 e. The van der Waals surface area contributed by atoms with Gasteiger partial charge in [0.2, 0.25) is 0 Å². The fourth-order valence-electron chi connectivity index (χ4n) is 3.23. The number of nitrogens with two attached hydrogens (primary N) is 1. The van der Waals surface area contributed by atoms with Gasteiger partial charge in [0.05, 0.1) is 17.8 Å². The van der Waals surface area contributed by atoms with E-state index in [9.17, 15) is 4.79 Å². The monoisotopic (exact) mass is 426 g/mol. The van der Waals surface area contributed by atoms with Crippen molar-refractivity contribution in [2.24, 2.45) is 5.73 Å². The molecule has 1 fully saturated rings. The molecule has 1 aliphatic heterocycles. The van der Waals surface area contributed by atoms with Gasteiger partial charge in [-0.05, 0) is 44.4 Å². The molecule has 0 bridgehead atoms. The maximum absolute atomic E-state index is 12.9. The van der Waals surface area contributed by atoms with Crippen molar-refractivity contribution in [3.8, 4) is 0 Å². The van der Waals surface area contributed by atoms with Gasteiger partial charge in [-0.3, -0.25) is 9.48 Å². The number of rotatable bonds is 3. The van der Waals surface area contributed by atoms with E-state index < -0.39 is 0 Å². The molecule has 7 heteroatoms. The lowest BCUT2D eigenvalue weighted by Gasteiger charge is -2.30. The lowest BCUT2D eigenvalue weighted by molar-refractivity contribution is 0.0713. The number of likely N-dealkylation sites (tertiary alicyclic amines) is 1. The topological polar surface area (TPSA) is 64.2 Å². The van der Waals surface area contributed by atoms with E-state index in [0.717, 1.165) is 52.9 Å². The van der Waals surface area contributed by atoms with Crippen molar-refractivity contribution in [2.45, 2.75) is 39.3 Å². The number of aryl methyl sites for hydroxylation is 1. The Bertz CT molecular complexity index is 754. The highest BCUT2D eigenvalue weighted by Gasteiger charge is 2.26. The predicted molar refractivity (Wildman–Crippen MR) is 105 cm³/mol. The number of halogens is 2. The second-order valence-electron chi connectivity index (χ2n) is 6.46. The molecule has 2 N–H and O–H groups in total. The van der Waals surface area contributed by atoms with E-state index in [1.807, 2.05) is 35.6 Å². The zero-order valence-electron chi connectivity index (χ0n) is 14.5. The van der Waals surface area contributed by atoms with Gasteiger partial charge in [-0.25, -0.2) is 0 Å². The first kappa shape index (κ1) is 19.9. The van der Waals surface area contributed by atoms with Crippen LogP contribution in [0.5, 0.6) is 0 Å². The van der Waals surface area contributed by atoms with Crippen LogP contribution in [-0.4, -0.2) is 39.7 Å². The number of benzene rings is 1. The zero-order valence-corrected chi connectivity index (χ0v) is 16.9. The average Bonchev–Trinajstić information content (AvgIpc) is 2.81. The molecule has 0 saturated carbocycles. The number of piperidine rings is 1. The molecular weight excluding hydrogens is 404 g/mol. The highest BCUT2D eigenvalue weighted by Crippen LogP contribution is 2.20. The maximum Gasteiger partial charge on any atom is 0.257 e. The van der Waals surface area contributed by atoms with Crippen LogP contribution in [0, 0.1) is 13.8 Å². The summed E-state index contributed by atoms with van der Waals surface area (Å²) in [7, 11) is 0. The minimum atomic E-state index is 0. The highest BCUT2D eigenvalue weighted by molar-refractivity contribution is 9.10. The second kappa shape index (κ2) is 8.34. The molecule has 1 aromatic heterocycles. The SMILES string of the molecule is Cc1nn(Cc2cccc(Br)c2)c(C)c1C(=O)N1CCC(N)CC1.Cl. The number of carbonyl (C=O) groups excluding carboxylic acids is 1. The number of carbonyl (C=O) groups is 1. The van der Waals surface area contributed by atoms with Gasteiger partial charge in [-0.2, -0.15) is 5.10 Å². The minimum absolute atomic E-state index is 0. The Morgan fingerprint density at radius 3 is 2.64 bits per heavy atom. The van der Waals surface area contributed by atoms with E-state index in [0.29, 0.717) is 6.54 Å². The Balaban J connectivity index is 0.00000225. The standard InChI is InChI=1S/C18H23BrN4O.ClH/c1-12-17(18(24)22-8-6-16(20)7-9-22)13(2)23(21-12)11-14-4-3-5-15(19)10-14;/h3-5,10,16H,6-9,11,20H2,1-2H3;1H. The predicted octanol–water partition coefficient (Wildman–Crippen LogP) is 3.30. The van der Waals surface area contributed by atoms with Crippen molar-refractivity contribution >= 4 is 34.2 Å². The number of nitrogens with zero attached hydrogens (tertiary/aromatic N) is 3. The molecule has 1 saturated heterocycles. The molecule has 3 rings (SSSR count). The van der Waals surface area contributed by atoms with Crippen LogP contribution in [0.2, 0.25) is 0 Å². The lowest BCUT2D eigenvalue weighted by Crippen LogP contribution is -2.43. The first-order valence-corrected chi connectivity index (χ1v) is 9.08. The maximum atomic E-state index is 12.9. The number of hydrogen-bond donors (Lipinski definition) is 1. The molecule has 2 aromatic rings. The summed E-state index contributed by atoms with van der Waals surface area (Å²) in [5.74, 6) is 0.0809. The first-order valence-electron chi connectivity index (χ1n) is 8.29. The van der Waals surface area contributed by atoms with Crippen LogP contribution in [0.15, 0.2) is 28.7 Å². The van der Waals surface area contributed by atoms with Crippen molar-refractivity contribution in [1.29, 1.82) is 0 Å². The quantitative estimate of drug-likeness (QED) is 0.817. The van der Waals surface area contributed by atoms with E-state index in [-0.39, 0.29) is 24.4 Å². The summed E-state index contributed by atoms with van der Waals surface area (Å²) in [6, 6.07) is 8.36. The summed E-state index contributed by atoms with van der Waals surface area (Å²) < 4.78 is 2.96. The molecule has 2 heterocycles.